The monoisotopic (exact) mass is 374 g/mol. The first-order valence-electron chi connectivity index (χ1n) is 8.64. The lowest BCUT2D eigenvalue weighted by molar-refractivity contribution is 0.0948. The lowest BCUT2D eigenvalue weighted by Crippen LogP contribution is -2.27. The second-order valence-electron chi connectivity index (χ2n) is 6.35. The molecule has 26 heavy (non-hydrogen) atoms. The van der Waals surface area contributed by atoms with Gasteiger partial charge in [-0.2, -0.15) is 0 Å². The molecule has 0 bridgehead atoms. The Kier molecular flexibility index (Phi) is 5.82. The van der Waals surface area contributed by atoms with Gasteiger partial charge in [0.1, 0.15) is 5.69 Å². The van der Waals surface area contributed by atoms with E-state index in [0.29, 0.717) is 13.0 Å². The number of nitrogens with zero attached hydrogens (tertiary/aromatic N) is 2. The summed E-state index contributed by atoms with van der Waals surface area (Å²) in [5, 5.41) is 5.85. The summed E-state index contributed by atoms with van der Waals surface area (Å²) in [6, 6.07) is 11.4. The van der Waals surface area contributed by atoms with E-state index < -0.39 is 9.84 Å². The van der Waals surface area contributed by atoms with Crippen molar-refractivity contribution in [3.8, 4) is 0 Å². The number of nitrogens with one attached hydrogen (secondary N) is 2. The van der Waals surface area contributed by atoms with Crippen molar-refractivity contribution in [1.82, 2.24) is 15.3 Å². The molecule has 1 aromatic heterocycles. The molecular formula is C18H22N4O3S. The number of carbonyl (C=O) groups is 1. The lowest BCUT2D eigenvalue weighted by Gasteiger charge is -2.11. The third-order valence-electron chi connectivity index (χ3n) is 4.22. The summed E-state index contributed by atoms with van der Waals surface area (Å²) in [4.78, 5) is 20.5. The summed E-state index contributed by atoms with van der Waals surface area (Å²) in [6.45, 7) is 0.557. The molecule has 1 aromatic carbocycles. The summed E-state index contributed by atoms with van der Waals surface area (Å²) in [5.41, 5.74) is 1.50. The predicted octanol–water partition coefficient (Wildman–Crippen LogP) is 1.44. The van der Waals surface area contributed by atoms with E-state index in [1.165, 1.54) is 11.8 Å². The number of rotatable bonds is 7. The fraction of sp³-hybridized carbons (Fsp3) is 0.389. The van der Waals surface area contributed by atoms with Crippen LogP contribution in [0.25, 0.3) is 0 Å². The molecule has 0 radical (unpaired) electrons. The van der Waals surface area contributed by atoms with Gasteiger partial charge in [-0.3, -0.25) is 4.79 Å². The Bertz CT molecular complexity index is 856. The molecule has 1 saturated heterocycles. The van der Waals surface area contributed by atoms with Crippen LogP contribution in [0.5, 0.6) is 0 Å². The summed E-state index contributed by atoms with van der Waals surface area (Å²) >= 11 is 0. The van der Waals surface area contributed by atoms with Crippen molar-refractivity contribution in [3.63, 3.8) is 0 Å². The molecule has 2 heterocycles. The van der Waals surface area contributed by atoms with Crippen molar-refractivity contribution in [1.29, 1.82) is 0 Å². The summed E-state index contributed by atoms with van der Waals surface area (Å²) in [7, 11) is -2.98. The third kappa shape index (κ3) is 5.26. The number of hydrogen-bond acceptors (Lipinski definition) is 6. The summed E-state index contributed by atoms with van der Waals surface area (Å²) < 4.78 is 23.0. The van der Waals surface area contributed by atoms with E-state index in [9.17, 15) is 13.2 Å². The highest BCUT2D eigenvalue weighted by atomic mass is 32.2. The van der Waals surface area contributed by atoms with Crippen LogP contribution in [0.3, 0.4) is 0 Å². The zero-order valence-corrected chi connectivity index (χ0v) is 15.2. The Morgan fingerprint density at radius 3 is 2.73 bits per heavy atom. The fourth-order valence-corrected chi connectivity index (χ4v) is 4.55. The highest BCUT2D eigenvalue weighted by molar-refractivity contribution is 7.91. The maximum Gasteiger partial charge on any atom is 0.270 e. The van der Waals surface area contributed by atoms with Gasteiger partial charge in [0.05, 0.1) is 11.5 Å². The highest BCUT2D eigenvalue weighted by Crippen LogP contribution is 2.15. The average Bonchev–Trinajstić information content (AvgIpc) is 2.98. The molecule has 1 atom stereocenters. The predicted molar refractivity (Wildman–Crippen MR) is 99.8 cm³/mol. The number of anilines is 1. The number of benzene rings is 1. The Balaban J connectivity index is 1.48. The van der Waals surface area contributed by atoms with Crippen molar-refractivity contribution in [3.05, 3.63) is 53.9 Å². The van der Waals surface area contributed by atoms with Gasteiger partial charge in [0, 0.05) is 18.8 Å². The molecule has 7 nitrogen and oxygen atoms in total. The van der Waals surface area contributed by atoms with Crippen LogP contribution in [-0.2, 0) is 16.3 Å². The lowest BCUT2D eigenvalue weighted by atomic mass is 10.1. The normalized spacial score (nSPS) is 18.4. The summed E-state index contributed by atoms with van der Waals surface area (Å²) in [5.74, 6) is 0.269. The van der Waals surface area contributed by atoms with Crippen molar-refractivity contribution in [2.24, 2.45) is 0 Å². The molecule has 0 spiro atoms. The van der Waals surface area contributed by atoms with Crippen molar-refractivity contribution < 1.29 is 13.2 Å². The Morgan fingerprint density at radius 2 is 2.00 bits per heavy atom. The van der Waals surface area contributed by atoms with Crippen LogP contribution in [0.4, 0.5) is 5.95 Å². The molecule has 2 aromatic rings. The van der Waals surface area contributed by atoms with Crippen LogP contribution in [0.2, 0.25) is 0 Å². The number of hydrogen-bond donors (Lipinski definition) is 2. The maximum absolute atomic E-state index is 12.2. The van der Waals surface area contributed by atoms with Gasteiger partial charge in [0.15, 0.2) is 9.84 Å². The second-order valence-corrected chi connectivity index (χ2v) is 8.58. The van der Waals surface area contributed by atoms with E-state index in [1.54, 1.807) is 6.07 Å². The van der Waals surface area contributed by atoms with Gasteiger partial charge in [-0.1, -0.05) is 30.3 Å². The second kappa shape index (κ2) is 8.27. The van der Waals surface area contributed by atoms with Crippen LogP contribution in [-0.4, -0.2) is 48.4 Å². The molecule has 1 aliphatic heterocycles. The molecule has 1 unspecified atom stereocenters. The van der Waals surface area contributed by atoms with Crippen molar-refractivity contribution in [2.45, 2.75) is 25.3 Å². The fourth-order valence-electron chi connectivity index (χ4n) is 2.88. The minimum atomic E-state index is -2.98. The first-order chi connectivity index (χ1) is 12.5. The van der Waals surface area contributed by atoms with Gasteiger partial charge in [0.2, 0.25) is 5.95 Å². The molecule has 2 N–H and O–H groups in total. The van der Waals surface area contributed by atoms with Crippen LogP contribution >= 0.6 is 0 Å². The third-order valence-corrected chi connectivity index (χ3v) is 5.99. The van der Waals surface area contributed by atoms with E-state index in [2.05, 4.69) is 32.7 Å². The Labute approximate surface area is 153 Å². The summed E-state index contributed by atoms with van der Waals surface area (Å²) in [6.07, 6.45) is 3.76. The van der Waals surface area contributed by atoms with E-state index in [0.717, 1.165) is 12.8 Å². The molecule has 0 aliphatic carbocycles. The topological polar surface area (TPSA) is 101 Å². The van der Waals surface area contributed by atoms with Gasteiger partial charge in [-0.15, -0.1) is 0 Å². The maximum atomic E-state index is 12.2. The van der Waals surface area contributed by atoms with E-state index in [1.807, 2.05) is 18.2 Å². The van der Waals surface area contributed by atoms with Crippen LogP contribution < -0.4 is 10.6 Å². The number of aromatic nitrogens is 2. The highest BCUT2D eigenvalue weighted by Gasteiger charge is 2.28. The first-order valence-corrected chi connectivity index (χ1v) is 10.5. The molecule has 1 fully saturated rings. The number of amides is 1. The van der Waals surface area contributed by atoms with Crippen LogP contribution in [0.1, 0.15) is 28.9 Å². The molecular weight excluding hydrogens is 352 g/mol. The number of aryl methyl sites for hydroxylation is 1. The molecule has 0 saturated carbocycles. The first kappa shape index (κ1) is 18.3. The van der Waals surface area contributed by atoms with E-state index >= 15 is 0 Å². The van der Waals surface area contributed by atoms with Crippen molar-refractivity contribution in [2.75, 3.05) is 23.4 Å². The van der Waals surface area contributed by atoms with Gasteiger partial charge < -0.3 is 10.6 Å². The largest absolute Gasteiger partial charge is 0.351 e. The molecule has 1 aliphatic rings. The average molecular weight is 374 g/mol. The minimum absolute atomic E-state index is 0.0757. The smallest absolute Gasteiger partial charge is 0.270 e. The zero-order chi connectivity index (χ0) is 18.4. The quantitative estimate of drug-likeness (QED) is 0.711. The molecule has 3 rings (SSSR count). The van der Waals surface area contributed by atoms with Crippen molar-refractivity contribution >= 4 is 21.7 Å². The molecule has 1 amide bonds. The zero-order valence-electron chi connectivity index (χ0n) is 14.4. The van der Waals surface area contributed by atoms with E-state index in [4.69, 9.17) is 0 Å². The minimum Gasteiger partial charge on any atom is -0.351 e. The van der Waals surface area contributed by atoms with Crippen LogP contribution in [0, 0.1) is 0 Å². The number of sulfone groups is 1. The Hall–Kier alpha value is -2.48. The molecule has 8 heteroatoms. The van der Waals surface area contributed by atoms with Gasteiger partial charge >= 0.3 is 0 Å². The van der Waals surface area contributed by atoms with E-state index in [-0.39, 0.29) is 35.1 Å². The molecule has 138 valence electrons. The van der Waals surface area contributed by atoms with Crippen LogP contribution in [0.15, 0.2) is 42.6 Å². The van der Waals surface area contributed by atoms with Gasteiger partial charge in [0.25, 0.3) is 5.91 Å². The standard InChI is InChI=1S/C18H22N4O3S/c23-17(19-10-4-7-14-5-2-1-3-6-14)16-8-11-20-18(22-16)21-15-9-12-26(24,25)13-15/h1-3,5-6,8,11,15H,4,7,9-10,12-13H2,(H,19,23)(H,20,21,22). The number of carbonyl (C=O) groups excluding carboxylic acids is 1. The SMILES string of the molecule is O=C(NCCCc1ccccc1)c1ccnc(NC2CCS(=O)(=O)C2)n1. The Morgan fingerprint density at radius 1 is 1.19 bits per heavy atom. The van der Waals surface area contributed by atoms with Gasteiger partial charge in [-0.05, 0) is 30.9 Å². The van der Waals surface area contributed by atoms with Gasteiger partial charge in [-0.25, -0.2) is 18.4 Å².